The van der Waals surface area contributed by atoms with Crippen LogP contribution in [-0.4, -0.2) is 25.2 Å². The summed E-state index contributed by atoms with van der Waals surface area (Å²) in [5, 5.41) is 14.7. The van der Waals surface area contributed by atoms with Gasteiger partial charge < -0.3 is 0 Å². The van der Waals surface area contributed by atoms with Gasteiger partial charge in [-0.15, -0.1) is 0 Å². The summed E-state index contributed by atoms with van der Waals surface area (Å²) < 4.78 is 25.5. The molecule has 0 fully saturated rings. The van der Waals surface area contributed by atoms with Gasteiger partial charge in [-0.1, -0.05) is 0 Å². The number of H-pyrrole nitrogens is 1. The molecule has 1 heterocycles. The predicted octanol–water partition coefficient (Wildman–Crippen LogP) is 0.238. The Hall–Kier alpha value is -1.39. The first-order valence-electron chi connectivity index (χ1n) is 4.27. The van der Waals surface area contributed by atoms with Crippen LogP contribution >= 0.6 is 0 Å². The third kappa shape index (κ3) is 3.04. The number of aromatic amines is 1. The smallest absolute Gasteiger partial charge is 0.243 e. The lowest BCUT2D eigenvalue weighted by atomic mass is 9.97. The topological polar surface area (TPSA) is 98.6 Å². The van der Waals surface area contributed by atoms with E-state index in [1.165, 1.54) is 12.4 Å². The van der Waals surface area contributed by atoms with Crippen molar-refractivity contribution in [3.05, 3.63) is 12.4 Å². The van der Waals surface area contributed by atoms with Crippen molar-refractivity contribution in [1.29, 1.82) is 5.26 Å². The zero-order valence-electron chi connectivity index (χ0n) is 8.48. The van der Waals surface area contributed by atoms with Gasteiger partial charge in [-0.3, -0.25) is 5.10 Å². The third-order valence-corrected chi connectivity index (χ3v) is 3.16. The molecule has 0 aromatic carbocycles. The van der Waals surface area contributed by atoms with Crippen LogP contribution in [0.3, 0.4) is 0 Å². The van der Waals surface area contributed by atoms with E-state index >= 15 is 0 Å². The van der Waals surface area contributed by atoms with Crippen LogP contribution < -0.4 is 4.72 Å². The van der Waals surface area contributed by atoms with Gasteiger partial charge in [-0.25, -0.2) is 13.1 Å². The molecule has 0 bridgehead atoms. The maximum Gasteiger partial charge on any atom is 0.243 e. The van der Waals surface area contributed by atoms with E-state index in [1.807, 2.05) is 6.07 Å². The lowest BCUT2D eigenvalue weighted by Crippen LogP contribution is -2.33. The number of nitrogens with zero attached hydrogens (tertiary/aromatic N) is 2. The molecule has 1 aromatic heterocycles. The Morgan fingerprint density at radius 3 is 2.80 bits per heavy atom. The molecule has 6 nitrogen and oxygen atoms in total. The fourth-order valence-electron chi connectivity index (χ4n) is 0.784. The van der Waals surface area contributed by atoms with E-state index in [9.17, 15) is 8.42 Å². The molecule has 7 heteroatoms. The van der Waals surface area contributed by atoms with Crippen molar-refractivity contribution in [1.82, 2.24) is 14.9 Å². The van der Waals surface area contributed by atoms with Gasteiger partial charge in [0.2, 0.25) is 10.0 Å². The molecule has 15 heavy (non-hydrogen) atoms. The van der Waals surface area contributed by atoms with E-state index in [-0.39, 0.29) is 11.4 Å². The zero-order chi connectivity index (χ0) is 11.5. The summed E-state index contributed by atoms with van der Waals surface area (Å²) in [7, 11) is -3.56. The lowest BCUT2D eigenvalue weighted by molar-refractivity contribution is 0.479. The first kappa shape index (κ1) is 11.7. The maximum atomic E-state index is 11.6. The van der Waals surface area contributed by atoms with Crippen molar-refractivity contribution in [2.24, 2.45) is 5.41 Å². The number of sulfonamides is 1. The first-order chi connectivity index (χ1) is 6.87. The van der Waals surface area contributed by atoms with Gasteiger partial charge in [-0.2, -0.15) is 10.4 Å². The molecule has 0 aliphatic rings. The van der Waals surface area contributed by atoms with Crippen LogP contribution in [0, 0.1) is 16.7 Å². The van der Waals surface area contributed by atoms with E-state index in [4.69, 9.17) is 5.26 Å². The number of hydrogen-bond acceptors (Lipinski definition) is 4. The number of nitrogens with one attached hydrogen (secondary N) is 2. The van der Waals surface area contributed by atoms with E-state index in [0.29, 0.717) is 0 Å². The fraction of sp³-hybridized carbons (Fsp3) is 0.500. The maximum absolute atomic E-state index is 11.6. The highest BCUT2D eigenvalue weighted by molar-refractivity contribution is 7.89. The molecule has 1 aromatic rings. The Morgan fingerprint density at radius 1 is 1.67 bits per heavy atom. The van der Waals surface area contributed by atoms with Crippen molar-refractivity contribution in [3.63, 3.8) is 0 Å². The van der Waals surface area contributed by atoms with Crippen molar-refractivity contribution < 1.29 is 8.42 Å². The molecule has 2 N–H and O–H groups in total. The molecule has 1 rings (SSSR count). The van der Waals surface area contributed by atoms with Crippen molar-refractivity contribution in [2.75, 3.05) is 6.54 Å². The predicted molar refractivity (Wildman–Crippen MR) is 53.2 cm³/mol. The summed E-state index contributed by atoms with van der Waals surface area (Å²) in [5.41, 5.74) is -0.725. The molecule has 0 radical (unpaired) electrons. The number of rotatable bonds is 4. The average molecular weight is 228 g/mol. The summed E-state index contributed by atoms with van der Waals surface area (Å²) in [6.07, 6.45) is 2.49. The molecule has 0 aliphatic carbocycles. The van der Waals surface area contributed by atoms with Gasteiger partial charge in [0.15, 0.2) is 0 Å². The van der Waals surface area contributed by atoms with Gasteiger partial charge >= 0.3 is 0 Å². The van der Waals surface area contributed by atoms with Gasteiger partial charge in [0.1, 0.15) is 4.90 Å². The number of nitriles is 1. The Balaban J connectivity index is 2.73. The summed E-state index contributed by atoms with van der Waals surface area (Å²) in [4.78, 5) is 0.0660. The van der Waals surface area contributed by atoms with Gasteiger partial charge in [-0.05, 0) is 13.8 Å². The van der Waals surface area contributed by atoms with Crippen molar-refractivity contribution in [2.45, 2.75) is 18.7 Å². The second kappa shape index (κ2) is 4.00. The van der Waals surface area contributed by atoms with Crippen LogP contribution in [0.4, 0.5) is 0 Å². The highest BCUT2D eigenvalue weighted by atomic mass is 32.2. The van der Waals surface area contributed by atoms with E-state index in [0.717, 1.165) is 0 Å². The Kier molecular flexibility index (Phi) is 3.12. The summed E-state index contributed by atoms with van der Waals surface area (Å²) in [6, 6.07) is 2.01. The van der Waals surface area contributed by atoms with Gasteiger partial charge in [0.05, 0.1) is 17.7 Å². The fourth-order valence-corrected chi connectivity index (χ4v) is 1.90. The quantitative estimate of drug-likeness (QED) is 0.771. The van der Waals surface area contributed by atoms with Crippen molar-refractivity contribution in [3.8, 4) is 6.07 Å². The van der Waals surface area contributed by atoms with Crippen LogP contribution in [0.1, 0.15) is 13.8 Å². The zero-order valence-corrected chi connectivity index (χ0v) is 9.30. The highest BCUT2D eigenvalue weighted by Crippen LogP contribution is 2.13. The monoisotopic (exact) mass is 228 g/mol. The molecule has 0 atom stereocenters. The molecule has 0 spiro atoms. The third-order valence-electron chi connectivity index (χ3n) is 1.79. The molecular formula is C8H12N4O2S. The second-order valence-electron chi connectivity index (χ2n) is 3.75. The minimum absolute atomic E-state index is 0.0660. The lowest BCUT2D eigenvalue weighted by Gasteiger charge is -2.15. The van der Waals surface area contributed by atoms with Crippen LogP contribution in [-0.2, 0) is 10.0 Å². The van der Waals surface area contributed by atoms with Crippen LogP contribution in [0.25, 0.3) is 0 Å². The van der Waals surface area contributed by atoms with Gasteiger partial charge in [0, 0.05) is 12.7 Å². The second-order valence-corrected chi connectivity index (χ2v) is 5.52. The largest absolute Gasteiger partial charge is 0.284 e. The van der Waals surface area contributed by atoms with Crippen LogP contribution in [0.5, 0.6) is 0 Å². The van der Waals surface area contributed by atoms with Crippen LogP contribution in [0.2, 0.25) is 0 Å². The molecule has 82 valence electrons. The van der Waals surface area contributed by atoms with Crippen molar-refractivity contribution >= 4 is 10.0 Å². The van der Waals surface area contributed by atoms with E-state index in [2.05, 4.69) is 14.9 Å². The molecule has 0 saturated carbocycles. The average Bonchev–Trinajstić information content (AvgIpc) is 2.69. The molecule has 0 unspecified atom stereocenters. The normalized spacial score (nSPS) is 12.3. The summed E-state index contributed by atoms with van der Waals surface area (Å²) >= 11 is 0. The standard InChI is InChI=1S/C8H12N4O2S/c1-8(2,5-9)6-12-15(13,14)7-3-10-11-4-7/h3-4,12H,6H2,1-2H3,(H,10,11). The Bertz CT molecular complexity index is 455. The molecule has 0 aliphatic heterocycles. The van der Waals surface area contributed by atoms with E-state index < -0.39 is 15.4 Å². The Morgan fingerprint density at radius 2 is 2.33 bits per heavy atom. The molecule has 0 saturated heterocycles. The summed E-state index contributed by atoms with van der Waals surface area (Å²) in [6.45, 7) is 3.38. The number of aromatic nitrogens is 2. The van der Waals surface area contributed by atoms with Crippen LogP contribution in [0.15, 0.2) is 17.3 Å². The minimum atomic E-state index is -3.56. The molecular weight excluding hydrogens is 216 g/mol. The van der Waals surface area contributed by atoms with E-state index in [1.54, 1.807) is 13.8 Å². The Labute approximate surface area is 88.4 Å². The highest BCUT2D eigenvalue weighted by Gasteiger charge is 2.22. The SMILES string of the molecule is CC(C)(C#N)CNS(=O)(=O)c1cn[nH]c1. The molecule has 0 amide bonds. The first-order valence-corrected chi connectivity index (χ1v) is 5.75. The number of hydrogen-bond donors (Lipinski definition) is 2. The van der Waals surface area contributed by atoms with Gasteiger partial charge in [0.25, 0.3) is 0 Å². The summed E-state index contributed by atoms with van der Waals surface area (Å²) in [5.74, 6) is 0. The minimum Gasteiger partial charge on any atom is -0.284 e.